The van der Waals surface area contributed by atoms with Crippen molar-refractivity contribution in [2.45, 2.75) is 0 Å². The van der Waals surface area contributed by atoms with Crippen LogP contribution in [0, 0.1) is 22.5 Å². The molecular formula is C14H11FN6O2P2. The fraction of sp³-hybridized carbons (Fsp3) is 0. The molecule has 1 unspecified atom stereocenters. The molecule has 0 bridgehead atoms. The highest BCUT2D eigenvalue weighted by Gasteiger charge is 2.09. The second-order valence-electron chi connectivity index (χ2n) is 4.66. The van der Waals surface area contributed by atoms with Crippen molar-refractivity contribution in [2.24, 2.45) is 4.74 Å². The molecule has 0 fully saturated rings. The highest BCUT2D eigenvalue weighted by atomic mass is 31.0. The lowest BCUT2D eigenvalue weighted by Crippen LogP contribution is -1.87. The Morgan fingerprint density at radius 1 is 1.40 bits per heavy atom. The van der Waals surface area contributed by atoms with Crippen molar-refractivity contribution in [2.75, 3.05) is 5.73 Å². The van der Waals surface area contributed by atoms with Gasteiger partial charge < -0.3 is 5.73 Å². The van der Waals surface area contributed by atoms with Gasteiger partial charge in [0.2, 0.25) is 5.69 Å². The van der Waals surface area contributed by atoms with Gasteiger partial charge >= 0.3 is 0 Å². The first-order valence-corrected chi connectivity index (χ1v) is 7.56. The van der Waals surface area contributed by atoms with E-state index < -0.39 is 10.7 Å². The fourth-order valence-corrected chi connectivity index (χ4v) is 2.41. The predicted octanol–water partition coefficient (Wildman–Crippen LogP) is 4.50. The minimum absolute atomic E-state index is 0.208. The third kappa shape index (κ3) is 4.13. The lowest BCUT2D eigenvalue weighted by molar-refractivity contribution is -0.385. The zero-order valence-electron chi connectivity index (χ0n) is 12.5. The molecule has 0 aliphatic carbocycles. The third-order valence-electron chi connectivity index (χ3n) is 3.08. The number of rotatable bonds is 2. The monoisotopic (exact) mass is 376 g/mol. The van der Waals surface area contributed by atoms with E-state index in [-0.39, 0.29) is 11.4 Å². The smallest absolute Gasteiger partial charge is 0.269 e. The summed E-state index contributed by atoms with van der Waals surface area (Å²) in [6.45, 7) is 6.48. The number of hydrogen-bond donors (Lipinski definition) is 1. The molecule has 126 valence electrons. The number of halogens is 1. The van der Waals surface area contributed by atoms with Crippen molar-refractivity contribution in [3.8, 4) is 0 Å². The van der Waals surface area contributed by atoms with E-state index in [0.29, 0.717) is 5.82 Å². The van der Waals surface area contributed by atoms with Crippen LogP contribution in [-0.2, 0) is 0 Å². The van der Waals surface area contributed by atoms with Crippen molar-refractivity contribution in [3.05, 3.63) is 63.7 Å². The average molecular weight is 376 g/mol. The predicted molar refractivity (Wildman–Crippen MR) is 99.0 cm³/mol. The molecule has 0 saturated carbocycles. The molecule has 11 heteroatoms. The Labute approximate surface area is 146 Å². The minimum atomic E-state index is -0.862. The van der Waals surface area contributed by atoms with E-state index in [1.165, 1.54) is 0 Å². The van der Waals surface area contributed by atoms with E-state index in [1.54, 1.807) is 4.45 Å². The zero-order chi connectivity index (χ0) is 18.6. The first-order chi connectivity index (χ1) is 11.9. The summed E-state index contributed by atoms with van der Waals surface area (Å²) in [6.07, 6.45) is 0. The van der Waals surface area contributed by atoms with Gasteiger partial charge in [-0.25, -0.2) is 18.4 Å². The molecule has 1 aromatic heterocycles. The van der Waals surface area contributed by atoms with Gasteiger partial charge in [0.1, 0.15) is 5.82 Å². The Hall–Kier alpha value is -2.94. The first-order valence-electron chi connectivity index (χ1n) is 6.59. The number of non-ortho nitro benzene ring substituents is 1. The summed E-state index contributed by atoms with van der Waals surface area (Å²) in [6, 6.07) is 8.49. The van der Waals surface area contributed by atoms with Crippen molar-refractivity contribution in [3.63, 3.8) is 0 Å². The average Bonchev–Trinajstić information content (AvgIpc) is 2.91. The Morgan fingerprint density at radius 2 is 2.12 bits per heavy atom. The maximum atomic E-state index is 12.7. The first kappa shape index (κ1) is 18.4. The molecule has 3 aromatic rings. The number of anilines is 1. The maximum absolute atomic E-state index is 12.7. The molecule has 2 aromatic carbocycles. The van der Waals surface area contributed by atoms with Crippen LogP contribution in [0.1, 0.15) is 0 Å². The fourth-order valence-electron chi connectivity index (χ4n) is 1.92. The highest BCUT2D eigenvalue weighted by Crippen LogP contribution is 2.28. The molecule has 25 heavy (non-hydrogen) atoms. The van der Waals surface area contributed by atoms with E-state index in [2.05, 4.69) is 33.1 Å². The quantitative estimate of drug-likeness (QED) is 0.234. The van der Waals surface area contributed by atoms with Crippen molar-refractivity contribution >= 4 is 52.2 Å². The molecule has 0 amide bonds. The Morgan fingerprint density at radius 3 is 2.68 bits per heavy atom. The van der Waals surface area contributed by atoms with Crippen LogP contribution in [0.25, 0.3) is 15.7 Å². The van der Waals surface area contributed by atoms with Crippen molar-refractivity contribution in [1.82, 2.24) is 9.55 Å². The van der Waals surface area contributed by atoms with Crippen LogP contribution < -0.4 is 5.73 Å². The molecule has 0 saturated heterocycles. The van der Waals surface area contributed by atoms with Crippen molar-refractivity contribution in [1.29, 1.82) is 0 Å². The van der Waals surface area contributed by atoms with E-state index in [4.69, 9.17) is 12.3 Å². The number of nitrogens with zero attached hydrogens (tertiary/aromatic N) is 5. The zero-order valence-corrected chi connectivity index (χ0v) is 14.7. The molecule has 3 rings (SSSR count). The van der Waals surface area contributed by atoms with E-state index in [9.17, 15) is 14.5 Å². The number of nitrogens with two attached hydrogens (primary N) is 1. The van der Waals surface area contributed by atoms with Crippen molar-refractivity contribution < 1.29 is 9.31 Å². The summed E-state index contributed by atoms with van der Waals surface area (Å²) in [5.41, 5.74) is 6.76. The van der Waals surface area contributed by atoms with Gasteiger partial charge in [0.05, 0.1) is 17.0 Å². The lowest BCUT2D eigenvalue weighted by atomic mass is 10.2. The van der Waals surface area contributed by atoms with Gasteiger partial charge in [-0.2, -0.15) is 0 Å². The van der Waals surface area contributed by atoms with Gasteiger partial charge in [0.25, 0.3) is 5.69 Å². The topological polar surface area (TPSA) is 104 Å². The second kappa shape index (κ2) is 7.75. The largest absolute Gasteiger partial charge is 0.399 e. The summed E-state index contributed by atoms with van der Waals surface area (Å²) in [5.74, 6) is -0.208. The summed E-state index contributed by atoms with van der Waals surface area (Å²) >= 11 is 0. The van der Waals surface area contributed by atoms with Gasteiger partial charge in [-0.3, -0.25) is 10.1 Å². The highest BCUT2D eigenvalue weighted by molar-refractivity contribution is 7.14. The summed E-state index contributed by atoms with van der Waals surface area (Å²) in [7, 11) is 5.55. The van der Waals surface area contributed by atoms with E-state index in [1.807, 2.05) is 18.2 Å². The Balaban J connectivity index is 0.000000181. The molecule has 8 nitrogen and oxygen atoms in total. The van der Waals surface area contributed by atoms with Crippen LogP contribution in [0.15, 0.2) is 41.1 Å². The summed E-state index contributed by atoms with van der Waals surface area (Å²) < 4.78 is 18.2. The molecular weight excluding hydrogens is 365 g/mol. The maximum Gasteiger partial charge on any atom is 0.269 e. The van der Waals surface area contributed by atoms with Gasteiger partial charge in [-0.15, -0.1) is 5.10 Å². The Kier molecular flexibility index (Phi) is 5.71. The number of aromatic nitrogens is 2. The van der Waals surface area contributed by atoms with Gasteiger partial charge in [-0.1, -0.05) is 0 Å². The molecule has 0 spiro atoms. The minimum Gasteiger partial charge on any atom is -0.399 e. The number of nitrogen functional groups attached to an aromatic ring is 1. The van der Waals surface area contributed by atoms with Crippen LogP contribution in [0.5, 0.6) is 0 Å². The van der Waals surface area contributed by atoms with Gasteiger partial charge in [-0.05, 0) is 42.7 Å². The summed E-state index contributed by atoms with van der Waals surface area (Å²) in [4.78, 5) is 12.2. The van der Waals surface area contributed by atoms with Crippen LogP contribution >= 0.6 is 18.4 Å². The summed E-state index contributed by atoms with van der Waals surface area (Å²) in [5, 5.41) is 15.2. The van der Waals surface area contributed by atoms with E-state index >= 15 is 0 Å². The number of fused-ring (bicyclic) bond motifs is 1. The second-order valence-corrected chi connectivity index (χ2v) is 5.37. The molecule has 0 aliphatic rings. The molecule has 0 aliphatic heterocycles. The van der Waals surface area contributed by atoms with Crippen LogP contribution in [0.4, 0.5) is 27.3 Å². The third-order valence-corrected chi connectivity index (χ3v) is 3.69. The number of nitro groups is 1. The number of benzene rings is 2. The molecule has 0 radical (unpaired) electrons. The van der Waals surface area contributed by atoms with Crippen LogP contribution in [-0.4, -0.2) is 14.5 Å². The van der Waals surface area contributed by atoms with Gasteiger partial charge in [0.15, 0.2) is 5.82 Å². The van der Waals surface area contributed by atoms with Crippen LogP contribution in [0.3, 0.4) is 0 Å². The molecule has 1 atom stereocenters. The number of hydrogen-bond acceptors (Lipinski definition) is 5. The molecule has 2 N–H and O–H groups in total. The van der Waals surface area contributed by atoms with E-state index in [0.717, 1.165) is 34.8 Å². The normalized spacial score (nSPS) is 9.80. The Bertz CT molecular complexity index is 1010. The number of nitro benzene ring substituents is 1. The SMILES string of the molecule is Nc1ccc2c(N=P)nn(P)c2c1.[C-]#[N+]c1ccc([N+](=O)[O-])cc1F. The lowest BCUT2D eigenvalue weighted by Gasteiger charge is -1.94. The molecule has 1 heterocycles. The van der Waals surface area contributed by atoms with Crippen LogP contribution in [0.2, 0.25) is 0 Å². The standard InChI is InChI=1S/C7H3FN2O2.C7H8N4P2/c1-9-7-3-2-5(10(11)12)4-6(7)8;8-4-1-2-5-6(3-4)11(13)9-7(5)10-12/h2-4H;1-3,12H,8,13H2. The van der Waals surface area contributed by atoms with Gasteiger partial charge in [0, 0.05) is 23.2 Å².